The number of nitrogens with one attached hydrogen (secondary N) is 1. The third kappa shape index (κ3) is 3.07. The Morgan fingerprint density at radius 1 is 1.28 bits per heavy atom. The highest BCUT2D eigenvalue weighted by Gasteiger charge is 2.24. The van der Waals surface area contributed by atoms with E-state index in [4.69, 9.17) is 5.73 Å². The maximum Gasteiger partial charge on any atom is 0.227 e. The minimum atomic E-state index is 0.102. The van der Waals surface area contributed by atoms with E-state index in [1.807, 2.05) is 26.0 Å². The van der Waals surface area contributed by atoms with Crippen molar-refractivity contribution in [3.8, 4) is 0 Å². The molecule has 1 aliphatic carbocycles. The number of hydrogen-bond donors (Lipinski definition) is 2. The van der Waals surface area contributed by atoms with Crippen LogP contribution in [0.5, 0.6) is 0 Å². The van der Waals surface area contributed by atoms with Crippen LogP contribution in [0.15, 0.2) is 12.1 Å². The number of amides is 1. The number of hydrogen-bond acceptors (Lipinski definition) is 3. The first-order valence-corrected chi connectivity index (χ1v) is 6.57. The molecule has 2 rings (SSSR count). The predicted octanol–water partition coefficient (Wildman–Crippen LogP) is 2.15. The van der Waals surface area contributed by atoms with E-state index in [9.17, 15) is 4.79 Å². The zero-order valence-corrected chi connectivity index (χ0v) is 11.1. The maximum absolute atomic E-state index is 12.1. The van der Waals surface area contributed by atoms with E-state index in [-0.39, 0.29) is 17.9 Å². The molecule has 0 saturated heterocycles. The fourth-order valence-corrected chi connectivity index (χ4v) is 2.43. The summed E-state index contributed by atoms with van der Waals surface area (Å²) in [5, 5.41) is 2.98. The summed E-state index contributed by atoms with van der Waals surface area (Å²) in [6.45, 7) is 3.86. The molecular formula is C14H21N3O. The summed E-state index contributed by atoms with van der Waals surface area (Å²) in [6, 6.07) is 4.11. The standard InChI is InChI=1S/C14H21N3O/c1-9-3-8-13(10(2)16-9)17-14(18)11-4-6-12(15)7-5-11/h3,8,11-12H,4-7,15H2,1-2H3,(H,17,18). The van der Waals surface area contributed by atoms with Crippen LogP contribution in [-0.4, -0.2) is 16.9 Å². The summed E-state index contributed by atoms with van der Waals surface area (Å²) in [6.07, 6.45) is 3.68. The van der Waals surface area contributed by atoms with E-state index < -0.39 is 0 Å². The largest absolute Gasteiger partial charge is 0.328 e. The Kier molecular flexibility index (Phi) is 3.97. The van der Waals surface area contributed by atoms with Gasteiger partial charge in [0.1, 0.15) is 0 Å². The van der Waals surface area contributed by atoms with Crippen molar-refractivity contribution in [1.82, 2.24) is 4.98 Å². The van der Waals surface area contributed by atoms with E-state index in [0.717, 1.165) is 42.8 Å². The number of carbonyl (C=O) groups is 1. The fourth-order valence-electron chi connectivity index (χ4n) is 2.43. The van der Waals surface area contributed by atoms with Crippen LogP contribution in [0, 0.1) is 19.8 Å². The molecule has 18 heavy (non-hydrogen) atoms. The molecule has 1 amide bonds. The molecular weight excluding hydrogens is 226 g/mol. The zero-order valence-electron chi connectivity index (χ0n) is 11.1. The molecule has 3 N–H and O–H groups in total. The summed E-state index contributed by atoms with van der Waals surface area (Å²) in [5.74, 6) is 0.209. The van der Waals surface area contributed by atoms with Crippen LogP contribution in [0.25, 0.3) is 0 Å². The van der Waals surface area contributed by atoms with Gasteiger partial charge < -0.3 is 11.1 Å². The van der Waals surface area contributed by atoms with Gasteiger partial charge in [0.25, 0.3) is 0 Å². The summed E-state index contributed by atoms with van der Waals surface area (Å²) >= 11 is 0. The van der Waals surface area contributed by atoms with Crippen molar-refractivity contribution in [3.05, 3.63) is 23.5 Å². The highest BCUT2D eigenvalue weighted by molar-refractivity contribution is 5.93. The third-order valence-electron chi connectivity index (χ3n) is 3.63. The van der Waals surface area contributed by atoms with Gasteiger partial charge in [-0.05, 0) is 51.7 Å². The maximum atomic E-state index is 12.1. The summed E-state index contributed by atoms with van der Waals surface area (Å²) in [7, 11) is 0. The lowest BCUT2D eigenvalue weighted by Gasteiger charge is -2.25. The van der Waals surface area contributed by atoms with Gasteiger partial charge in [0.2, 0.25) is 5.91 Å². The lowest BCUT2D eigenvalue weighted by atomic mass is 9.86. The second-order valence-electron chi connectivity index (χ2n) is 5.19. The highest BCUT2D eigenvalue weighted by Crippen LogP contribution is 2.25. The van der Waals surface area contributed by atoms with Crippen molar-refractivity contribution in [1.29, 1.82) is 0 Å². The molecule has 1 aromatic heterocycles. The molecule has 0 unspecified atom stereocenters. The molecule has 1 heterocycles. The molecule has 4 heteroatoms. The predicted molar refractivity (Wildman–Crippen MR) is 72.3 cm³/mol. The van der Waals surface area contributed by atoms with Gasteiger partial charge in [0.15, 0.2) is 0 Å². The number of anilines is 1. The van der Waals surface area contributed by atoms with Gasteiger partial charge >= 0.3 is 0 Å². The Bertz CT molecular complexity index is 437. The SMILES string of the molecule is Cc1ccc(NC(=O)C2CCC(N)CC2)c(C)n1. The van der Waals surface area contributed by atoms with E-state index in [1.54, 1.807) is 0 Å². The first kappa shape index (κ1) is 13.0. The van der Waals surface area contributed by atoms with Crippen LogP contribution in [0.3, 0.4) is 0 Å². The second-order valence-corrected chi connectivity index (χ2v) is 5.19. The second kappa shape index (κ2) is 5.48. The number of nitrogens with two attached hydrogens (primary N) is 1. The van der Waals surface area contributed by atoms with Crippen LogP contribution in [0.1, 0.15) is 37.1 Å². The van der Waals surface area contributed by atoms with Crippen molar-refractivity contribution >= 4 is 11.6 Å². The zero-order chi connectivity index (χ0) is 13.1. The highest BCUT2D eigenvalue weighted by atomic mass is 16.1. The Morgan fingerprint density at radius 2 is 1.94 bits per heavy atom. The molecule has 4 nitrogen and oxygen atoms in total. The number of nitrogens with zero attached hydrogens (tertiary/aromatic N) is 1. The monoisotopic (exact) mass is 247 g/mol. The quantitative estimate of drug-likeness (QED) is 0.841. The topological polar surface area (TPSA) is 68.0 Å². The van der Waals surface area contributed by atoms with Crippen LogP contribution in [0.2, 0.25) is 0 Å². The molecule has 1 fully saturated rings. The van der Waals surface area contributed by atoms with Crippen molar-refractivity contribution in [3.63, 3.8) is 0 Å². The van der Waals surface area contributed by atoms with Crippen LogP contribution >= 0.6 is 0 Å². The van der Waals surface area contributed by atoms with E-state index in [1.165, 1.54) is 0 Å². The molecule has 98 valence electrons. The molecule has 0 spiro atoms. The average Bonchev–Trinajstić information content (AvgIpc) is 2.33. The average molecular weight is 247 g/mol. The third-order valence-corrected chi connectivity index (χ3v) is 3.63. The molecule has 0 atom stereocenters. The Morgan fingerprint density at radius 3 is 2.56 bits per heavy atom. The smallest absolute Gasteiger partial charge is 0.227 e. The van der Waals surface area contributed by atoms with Gasteiger partial charge in [-0.15, -0.1) is 0 Å². The first-order valence-electron chi connectivity index (χ1n) is 6.57. The number of aryl methyl sites for hydroxylation is 2. The van der Waals surface area contributed by atoms with Crippen LogP contribution in [-0.2, 0) is 4.79 Å². The molecule has 0 aliphatic heterocycles. The minimum absolute atomic E-state index is 0.102. The number of carbonyl (C=O) groups excluding carboxylic acids is 1. The van der Waals surface area contributed by atoms with Crippen molar-refractivity contribution in [2.45, 2.75) is 45.6 Å². The molecule has 1 aromatic rings. The Balaban J connectivity index is 1.98. The molecule has 0 bridgehead atoms. The van der Waals surface area contributed by atoms with E-state index in [0.29, 0.717) is 0 Å². The van der Waals surface area contributed by atoms with E-state index in [2.05, 4.69) is 10.3 Å². The van der Waals surface area contributed by atoms with Gasteiger partial charge in [0.05, 0.1) is 11.4 Å². The van der Waals surface area contributed by atoms with Gasteiger partial charge in [-0.2, -0.15) is 0 Å². The van der Waals surface area contributed by atoms with Crippen molar-refractivity contribution in [2.24, 2.45) is 11.7 Å². The fraction of sp³-hybridized carbons (Fsp3) is 0.571. The van der Waals surface area contributed by atoms with Gasteiger partial charge in [-0.3, -0.25) is 9.78 Å². The lowest BCUT2D eigenvalue weighted by molar-refractivity contribution is -0.120. The van der Waals surface area contributed by atoms with Crippen LogP contribution < -0.4 is 11.1 Å². The van der Waals surface area contributed by atoms with Crippen LogP contribution in [0.4, 0.5) is 5.69 Å². The Labute approximate surface area is 108 Å². The first-order chi connectivity index (χ1) is 8.56. The van der Waals surface area contributed by atoms with Crippen molar-refractivity contribution in [2.75, 3.05) is 5.32 Å². The molecule has 0 aromatic carbocycles. The Hall–Kier alpha value is -1.42. The normalized spacial score (nSPS) is 23.7. The minimum Gasteiger partial charge on any atom is -0.328 e. The summed E-state index contributed by atoms with van der Waals surface area (Å²) < 4.78 is 0. The summed E-state index contributed by atoms with van der Waals surface area (Å²) in [5.41, 5.74) is 8.51. The van der Waals surface area contributed by atoms with Crippen molar-refractivity contribution < 1.29 is 4.79 Å². The molecule has 0 radical (unpaired) electrons. The molecule has 1 saturated carbocycles. The number of pyridine rings is 1. The van der Waals surface area contributed by atoms with Gasteiger partial charge in [-0.25, -0.2) is 0 Å². The summed E-state index contributed by atoms with van der Waals surface area (Å²) in [4.78, 5) is 16.5. The number of aromatic nitrogens is 1. The van der Waals surface area contributed by atoms with Gasteiger partial charge in [-0.1, -0.05) is 0 Å². The lowest BCUT2D eigenvalue weighted by Crippen LogP contribution is -2.32. The van der Waals surface area contributed by atoms with E-state index >= 15 is 0 Å². The number of rotatable bonds is 2. The molecule has 1 aliphatic rings. The van der Waals surface area contributed by atoms with Gasteiger partial charge in [0, 0.05) is 17.7 Å².